The van der Waals surface area contributed by atoms with E-state index in [-0.39, 0.29) is 18.1 Å². The standard InChI is InChI=1S/C14H13BrN2O3S/c1-3-19-14(18)11-7(2)20-13(17)8(6-16)12(11)9-4-5-10(15)21-9/h4-5,12H,3,17H2,1-2H3/t12-/m1/s1. The molecule has 0 amide bonds. The van der Waals surface area contributed by atoms with Crippen LogP contribution in [0.3, 0.4) is 0 Å². The number of ether oxygens (including phenoxy) is 2. The van der Waals surface area contributed by atoms with Crippen LogP contribution in [0.15, 0.2) is 38.7 Å². The molecule has 0 saturated carbocycles. The highest BCUT2D eigenvalue weighted by Gasteiger charge is 2.37. The summed E-state index contributed by atoms with van der Waals surface area (Å²) in [7, 11) is 0. The highest BCUT2D eigenvalue weighted by Crippen LogP contribution is 2.42. The summed E-state index contributed by atoms with van der Waals surface area (Å²) >= 11 is 4.82. The molecular weight excluding hydrogens is 356 g/mol. The maximum absolute atomic E-state index is 12.2. The summed E-state index contributed by atoms with van der Waals surface area (Å²) in [5.41, 5.74) is 6.33. The third-order valence-electron chi connectivity index (χ3n) is 2.98. The van der Waals surface area contributed by atoms with Crippen LogP contribution >= 0.6 is 27.3 Å². The maximum atomic E-state index is 12.2. The molecule has 0 spiro atoms. The van der Waals surface area contributed by atoms with Crippen LogP contribution in [0.25, 0.3) is 0 Å². The number of hydrogen-bond acceptors (Lipinski definition) is 6. The molecule has 5 nitrogen and oxygen atoms in total. The van der Waals surface area contributed by atoms with Gasteiger partial charge in [0.2, 0.25) is 5.88 Å². The third kappa shape index (κ3) is 2.96. The minimum atomic E-state index is -0.556. The van der Waals surface area contributed by atoms with Crippen molar-refractivity contribution in [3.63, 3.8) is 0 Å². The molecule has 21 heavy (non-hydrogen) atoms. The van der Waals surface area contributed by atoms with Crippen molar-refractivity contribution in [2.24, 2.45) is 5.73 Å². The Morgan fingerprint density at radius 1 is 1.62 bits per heavy atom. The first-order valence-electron chi connectivity index (χ1n) is 6.20. The van der Waals surface area contributed by atoms with E-state index in [1.807, 2.05) is 18.2 Å². The number of rotatable bonds is 3. The molecule has 0 fully saturated rings. The second kappa shape index (κ2) is 6.33. The zero-order valence-corrected chi connectivity index (χ0v) is 13.9. The fraction of sp³-hybridized carbons (Fsp3) is 0.286. The van der Waals surface area contributed by atoms with Crippen molar-refractivity contribution in [2.75, 3.05) is 6.61 Å². The molecule has 2 N–H and O–H groups in total. The molecule has 1 aromatic rings. The van der Waals surface area contributed by atoms with Gasteiger partial charge in [-0.15, -0.1) is 11.3 Å². The van der Waals surface area contributed by atoms with Crippen LogP contribution < -0.4 is 5.73 Å². The molecule has 0 saturated heterocycles. The number of carbonyl (C=O) groups excluding carboxylic acids is 1. The lowest BCUT2D eigenvalue weighted by Gasteiger charge is -2.25. The number of nitrogens with zero attached hydrogens (tertiary/aromatic N) is 1. The van der Waals surface area contributed by atoms with E-state index in [0.717, 1.165) is 8.66 Å². The Kier molecular flexibility index (Phi) is 4.70. The van der Waals surface area contributed by atoms with E-state index in [2.05, 4.69) is 15.9 Å². The lowest BCUT2D eigenvalue weighted by Crippen LogP contribution is -2.25. The highest BCUT2D eigenvalue weighted by atomic mass is 79.9. The molecule has 0 bridgehead atoms. The summed E-state index contributed by atoms with van der Waals surface area (Å²) in [6.45, 7) is 3.62. The number of nitriles is 1. The molecule has 0 aliphatic carbocycles. The average molecular weight is 369 g/mol. The van der Waals surface area contributed by atoms with Crippen molar-refractivity contribution in [1.29, 1.82) is 5.26 Å². The van der Waals surface area contributed by atoms with Crippen molar-refractivity contribution in [3.05, 3.63) is 43.6 Å². The normalized spacial score (nSPS) is 18.3. The predicted octanol–water partition coefficient (Wildman–Crippen LogP) is 3.16. The van der Waals surface area contributed by atoms with Crippen LogP contribution in [0.4, 0.5) is 0 Å². The monoisotopic (exact) mass is 368 g/mol. The molecule has 110 valence electrons. The van der Waals surface area contributed by atoms with E-state index in [4.69, 9.17) is 15.2 Å². The zero-order valence-electron chi connectivity index (χ0n) is 11.5. The lowest BCUT2D eigenvalue weighted by atomic mass is 9.87. The van der Waals surface area contributed by atoms with Crippen molar-refractivity contribution >= 4 is 33.2 Å². The van der Waals surface area contributed by atoms with Crippen LogP contribution in [0.1, 0.15) is 24.6 Å². The number of esters is 1. The van der Waals surface area contributed by atoms with Gasteiger partial charge in [0.05, 0.1) is 21.9 Å². The second-order valence-corrected chi connectivity index (χ2v) is 6.75. The van der Waals surface area contributed by atoms with Crippen LogP contribution in [0.2, 0.25) is 0 Å². The average Bonchev–Trinajstić information content (AvgIpc) is 2.84. The molecule has 1 aromatic heterocycles. The molecule has 0 aromatic carbocycles. The van der Waals surface area contributed by atoms with Gasteiger partial charge in [-0.25, -0.2) is 4.79 Å². The first-order valence-corrected chi connectivity index (χ1v) is 7.81. The minimum Gasteiger partial charge on any atom is -0.463 e. The topological polar surface area (TPSA) is 85.3 Å². The Morgan fingerprint density at radius 2 is 2.33 bits per heavy atom. The SMILES string of the molecule is CCOC(=O)C1=C(C)OC(N)=C(C#N)[C@@H]1c1ccc(Br)s1. The maximum Gasteiger partial charge on any atom is 0.338 e. The van der Waals surface area contributed by atoms with Crippen LogP contribution in [0, 0.1) is 11.3 Å². The molecule has 2 rings (SSSR count). The summed E-state index contributed by atoms with van der Waals surface area (Å²) in [5.74, 6) is -0.666. The number of nitrogens with two attached hydrogens (primary N) is 1. The summed E-state index contributed by atoms with van der Waals surface area (Å²) < 4.78 is 11.3. The summed E-state index contributed by atoms with van der Waals surface area (Å²) in [6, 6.07) is 5.75. The Bertz CT molecular complexity index is 685. The van der Waals surface area contributed by atoms with Gasteiger partial charge in [-0.3, -0.25) is 0 Å². The van der Waals surface area contributed by atoms with Gasteiger partial charge < -0.3 is 15.2 Å². The molecule has 0 unspecified atom stereocenters. The van der Waals surface area contributed by atoms with E-state index < -0.39 is 11.9 Å². The van der Waals surface area contributed by atoms with Gasteiger partial charge in [0.1, 0.15) is 17.4 Å². The van der Waals surface area contributed by atoms with Gasteiger partial charge in [0.25, 0.3) is 0 Å². The van der Waals surface area contributed by atoms with Gasteiger partial charge in [0, 0.05) is 4.88 Å². The van der Waals surface area contributed by atoms with Crippen LogP contribution in [-0.2, 0) is 14.3 Å². The third-order valence-corrected chi connectivity index (χ3v) is 4.67. The van der Waals surface area contributed by atoms with E-state index in [0.29, 0.717) is 11.3 Å². The van der Waals surface area contributed by atoms with Crippen molar-refractivity contribution < 1.29 is 14.3 Å². The molecule has 1 aliphatic heterocycles. The zero-order chi connectivity index (χ0) is 15.6. The van der Waals surface area contributed by atoms with Crippen molar-refractivity contribution in [2.45, 2.75) is 19.8 Å². The highest BCUT2D eigenvalue weighted by molar-refractivity contribution is 9.11. The molecule has 1 atom stereocenters. The van der Waals surface area contributed by atoms with Crippen LogP contribution in [0.5, 0.6) is 0 Å². The van der Waals surface area contributed by atoms with Gasteiger partial charge in [-0.1, -0.05) is 0 Å². The minimum absolute atomic E-state index is 0.0255. The van der Waals surface area contributed by atoms with Crippen molar-refractivity contribution in [3.8, 4) is 6.07 Å². The molecule has 1 aliphatic rings. The molecular formula is C14H13BrN2O3S. The quantitative estimate of drug-likeness (QED) is 0.828. The number of allylic oxidation sites excluding steroid dienone is 2. The number of thiophene rings is 1. The first kappa shape index (κ1) is 15.6. The number of halogens is 1. The van der Waals surface area contributed by atoms with Crippen LogP contribution in [-0.4, -0.2) is 12.6 Å². The summed E-state index contributed by atoms with van der Waals surface area (Å²) in [6.07, 6.45) is 0. The van der Waals surface area contributed by atoms with Gasteiger partial charge in [-0.05, 0) is 41.9 Å². The number of hydrogen-bond donors (Lipinski definition) is 1. The largest absolute Gasteiger partial charge is 0.463 e. The van der Waals surface area contributed by atoms with E-state index >= 15 is 0 Å². The summed E-state index contributed by atoms with van der Waals surface area (Å²) in [5, 5.41) is 9.37. The van der Waals surface area contributed by atoms with E-state index in [9.17, 15) is 10.1 Å². The summed E-state index contributed by atoms with van der Waals surface area (Å²) in [4.78, 5) is 13.1. The second-order valence-electron chi connectivity index (χ2n) is 4.26. The smallest absolute Gasteiger partial charge is 0.338 e. The van der Waals surface area contributed by atoms with Crippen molar-refractivity contribution in [1.82, 2.24) is 0 Å². The fourth-order valence-electron chi connectivity index (χ4n) is 2.12. The molecule has 7 heteroatoms. The van der Waals surface area contributed by atoms with Gasteiger partial charge in [0.15, 0.2) is 0 Å². The fourth-order valence-corrected chi connectivity index (χ4v) is 3.67. The Labute approximate surface area is 134 Å². The predicted molar refractivity (Wildman–Crippen MR) is 82.0 cm³/mol. The Balaban J connectivity index is 2.57. The Morgan fingerprint density at radius 3 is 2.86 bits per heavy atom. The Hall–Kier alpha value is -1.78. The van der Waals surface area contributed by atoms with E-state index in [1.54, 1.807) is 13.8 Å². The van der Waals surface area contributed by atoms with Gasteiger partial charge in [-0.2, -0.15) is 5.26 Å². The lowest BCUT2D eigenvalue weighted by molar-refractivity contribution is -0.139. The molecule has 2 heterocycles. The van der Waals surface area contributed by atoms with E-state index in [1.165, 1.54) is 11.3 Å². The first-order chi connectivity index (χ1) is 9.99. The van der Waals surface area contributed by atoms with Gasteiger partial charge >= 0.3 is 5.97 Å². The number of carbonyl (C=O) groups is 1. The molecule has 0 radical (unpaired) electrons.